The fourth-order valence-electron chi connectivity index (χ4n) is 3.94. The van der Waals surface area contributed by atoms with E-state index < -0.39 is 6.04 Å². The summed E-state index contributed by atoms with van der Waals surface area (Å²) in [6.07, 6.45) is 2.82. The Hall–Kier alpha value is -1.88. The zero-order valence-corrected chi connectivity index (χ0v) is 15.2. The van der Waals surface area contributed by atoms with Gasteiger partial charge >= 0.3 is 0 Å². The molecule has 0 aromatic heterocycles. The van der Waals surface area contributed by atoms with E-state index in [9.17, 15) is 9.59 Å². The number of hydrogen-bond acceptors (Lipinski definition) is 3. The van der Waals surface area contributed by atoms with Crippen LogP contribution in [0.2, 0.25) is 0 Å². The smallest absolute Gasteiger partial charge is 0.249 e. The van der Waals surface area contributed by atoms with Gasteiger partial charge in [-0.2, -0.15) is 0 Å². The Balaban J connectivity index is 1.74. The van der Waals surface area contributed by atoms with Crippen molar-refractivity contribution in [1.82, 2.24) is 10.2 Å². The molecule has 1 N–H and O–H groups in total. The Morgan fingerprint density at radius 2 is 1.84 bits per heavy atom. The highest BCUT2D eigenvalue weighted by atomic mass is 16.5. The molecule has 3 rings (SSSR count). The van der Waals surface area contributed by atoms with Gasteiger partial charge in [0, 0.05) is 32.2 Å². The first kappa shape index (κ1) is 17.9. The fraction of sp³-hybridized carbons (Fsp3) is 0.600. The van der Waals surface area contributed by atoms with Crippen molar-refractivity contribution in [3.05, 3.63) is 35.9 Å². The standard InChI is InChI=1S/C20H28N2O3/c1-3-22(4-2)19(24)17(15-8-6-5-7-9-15)21-18(23)16-14-20(16)10-12-25-13-11-20/h5-9,16-17H,3-4,10-14H2,1-2H3,(H,21,23). The summed E-state index contributed by atoms with van der Waals surface area (Å²) in [4.78, 5) is 27.6. The molecule has 5 heteroatoms. The second kappa shape index (κ2) is 7.56. The zero-order chi connectivity index (χ0) is 17.9. The van der Waals surface area contributed by atoms with Crippen LogP contribution in [0.1, 0.15) is 44.7 Å². The summed E-state index contributed by atoms with van der Waals surface area (Å²) in [5.74, 6) is -0.00500. The van der Waals surface area contributed by atoms with Crippen LogP contribution in [0.15, 0.2) is 30.3 Å². The second-order valence-electron chi connectivity index (χ2n) is 7.09. The van der Waals surface area contributed by atoms with Crippen molar-refractivity contribution in [3.63, 3.8) is 0 Å². The first-order valence-electron chi connectivity index (χ1n) is 9.33. The minimum Gasteiger partial charge on any atom is -0.381 e. The fourth-order valence-corrected chi connectivity index (χ4v) is 3.94. The Kier molecular flexibility index (Phi) is 5.42. The van der Waals surface area contributed by atoms with E-state index in [1.54, 1.807) is 4.90 Å². The highest BCUT2D eigenvalue weighted by Gasteiger charge is 2.58. The molecule has 0 radical (unpaired) electrons. The predicted octanol–water partition coefficient (Wildman–Crippen LogP) is 2.53. The normalized spacial score (nSPS) is 22.2. The summed E-state index contributed by atoms with van der Waals surface area (Å²) in [6, 6.07) is 8.93. The van der Waals surface area contributed by atoms with Crippen LogP contribution in [0.4, 0.5) is 0 Å². The highest BCUT2D eigenvalue weighted by molar-refractivity contribution is 5.91. The Labute approximate surface area is 149 Å². The summed E-state index contributed by atoms with van der Waals surface area (Å²) in [5.41, 5.74) is 0.955. The van der Waals surface area contributed by atoms with E-state index in [1.165, 1.54) is 0 Å². The SMILES string of the molecule is CCN(CC)C(=O)C(NC(=O)C1CC12CCOCC2)c1ccccc1. The van der Waals surface area contributed by atoms with Gasteiger partial charge in [0.25, 0.3) is 0 Å². The second-order valence-corrected chi connectivity index (χ2v) is 7.09. The maximum atomic E-state index is 12.9. The van der Waals surface area contributed by atoms with Crippen LogP contribution in [-0.4, -0.2) is 43.0 Å². The van der Waals surface area contributed by atoms with Gasteiger partial charge in [-0.3, -0.25) is 9.59 Å². The molecule has 1 saturated carbocycles. The lowest BCUT2D eigenvalue weighted by Crippen LogP contribution is -2.43. The minimum absolute atomic E-state index is 0.0104. The molecular weight excluding hydrogens is 316 g/mol. The van der Waals surface area contributed by atoms with E-state index in [4.69, 9.17) is 4.74 Å². The monoisotopic (exact) mass is 344 g/mol. The average molecular weight is 344 g/mol. The van der Waals surface area contributed by atoms with Crippen LogP contribution in [0, 0.1) is 11.3 Å². The van der Waals surface area contributed by atoms with Gasteiger partial charge in [0.1, 0.15) is 6.04 Å². The van der Waals surface area contributed by atoms with Crippen molar-refractivity contribution < 1.29 is 14.3 Å². The van der Waals surface area contributed by atoms with E-state index >= 15 is 0 Å². The Morgan fingerprint density at radius 3 is 2.44 bits per heavy atom. The van der Waals surface area contributed by atoms with E-state index in [2.05, 4.69) is 5.32 Å². The molecule has 2 unspecified atom stereocenters. The molecule has 136 valence electrons. The minimum atomic E-state index is -0.605. The number of ether oxygens (including phenoxy) is 1. The maximum Gasteiger partial charge on any atom is 0.249 e. The third-order valence-electron chi connectivity index (χ3n) is 5.74. The molecule has 1 saturated heterocycles. The molecule has 1 spiro atoms. The van der Waals surface area contributed by atoms with E-state index in [-0.39, 0.29) is 23.1 Å². The van der Waals surface area contributed by atoms with Crippen LogP contribution in [0.3, 0.4) is 0 Å². The lowest BCUT2D eigenvalue weighted by molar-refractivity contribution is -0.137. The number of rotatable bonds is 6. The summed E-state index contributed by atoms with van der Waals surface area (Å²) >= 11 is 0. The highest BCUT2D eigenvalue weighted by Crippen LogP contribution is 2.59. The first-order valence-corrected chi connectivity index (χ1v) is 9.33. The van der Waals surface area contributed by atoms with Gasteiger partial charge in [0.05, 0.1) is 0 Å². The molecule has 2 amide bonds. The van der Waals surface area contributed by atoms with Crippen LogP contribution >= 0.6 is 0 Å². The number of benzene rings is 1. The number of likely N-dealkylation sites (N-methyl/N-ethyl adjacent to an activating group) is 1. The van der Waals surface area contributed by atoms with Crippen LogP contribution in [0.5, 0.6) is 0 Å². The molecule has 5 nitrogen and oxygen atoms in total. The summed E-state index contributed by atoms with van der Waals surface area (Å²) in [7, 11) is 0. The number of nitrogens with one attached hydrogen (secondary N) is 1. The largest absolute Gasteiger partial charge is 0.381 e. The van der Waals surface area contributed by atoms with Gasteiger partial charge < -0.3 is 15.0 Å². The van der Waals surface area contributed by atoms with Gasteiger partial charge in [0.2, 0.25) is 11.8 Å². The van der Waals surface area contributed by atoms with Crippen LogP contribution in [-0.2, 0) is 14.3 Å². The number of carbonyl (C=O) groups excluding carboxylic acids is 2. The van der Waals surface area contributed by atoms with Gasteiger partial charge in [-0.05, 0) is 44.1 Å². The van der Waals surface area contributed by atoms with E-state index in [0.29, 0.717) is 13.1 Å². The molecule has 1 aromatic rings. The Bertz CT molecular complexity index is 607. The molecule has 2 fully saturated rings. The molecule has 2 aliphatic rings. The lowest BCUT2D eigenvalue weighted by Gasteiger charge is -2.27. The third kappa shape index (κ3) is 3.71. The van der Waals surface area contributed by atoms with Crippen molar-refractivity contribution in [2.75, 3.05) is 26.3 Å². The molecule has 1 aliphatic heterocycles. The van der Waals surface area contributed by atoms with Crippen molar-refractivity contribution in [2.45, 2.75) is 39.2 Å². The summed E-state index contributed by atoms with van der Waals surface area (Å²) in [5, 5.41) is 3.04. The van der Waals surface area contributed by atoms with Crippen molar-refractivity contribution in [3.8, 4) is 0 Å². The molecular formula is C20H28N2O3. The van der Waals surface area contributed by atoms with E-state index in [0.717, 1.165) is 38.0 Å². The van der Waals surface area contributed by atoms with Gasteiger partial charge in [-0.25, -0.2) is 0 Å². The zero-order valence-electron chi connectivity index (χ0n) is 15.2. The maximum absolute atomic E-state index is 12.9. The van der Waals surface area contributed by atoms with E-state index in [1.807, 2.05) is 44.2 Å². The third-order valence-corrected chi connectivity index (χ3v) is 5.74. The number of hydrogen-bond donors (Lipinski definition) is 1. The first-order chi connectivity index (χ1) is 12.1. The molecule has 1 heterocycles. The average Bonchev–Trinajstić information content (AvgIpc) is 3.34. The lowest BCUT2D eigenvalue weighted by atomic mass is 9.93. The molecule has 0 bridgehead atoms. The van der Waals surface area contributed by atoms with Gasteiger partial charge in [-0.15, -0.1) is 0 Å². The topological polar surface area (TPSA) is 58.6 Å². The summed E-state index contributed by atoms with van der Waals surface area (Å²) < 4.78 is 5.43. The van der Waals surface area contributed by atoms with Gasteiger partial charge in [0.15, 0.2) is 0 Å². The summed E-state index contributed by atoms with van der Waals surface area (Å²) in [6.45, 7) is 6.68. The molecule has 2 atom stereocenters. The van der Waals surface area contributed by atoms with Crippen molar-refractivity contribution in [2.24, 2.45) is 11.3 Å². The van der Waals surface area contributed by atoms with Crippen LogP contribution in [0.25, 0.3) is 0 Å². The van der Waals surface area contributed by atoms with Crippen LogP contribution < -0.4 is 5.32 Å². The molecule has 1 aliphatic carbocycles. The Morgan fingerprint density at radius 1 is 1.20 bits per heavy atom. The van der Waals surface area contributed by atoms with Crippen molar-refractivity contribution in [1.29, 1.82) is 0 Å². The van der Waals surface area contributed by atoms with Gasteiger partial charge in [-0.1, -0.05) is 30.3 Å². The molecule has 25 heavy (non-hydrogen) atoms. The number of carbonyl (C=O) groups is 2. The van der Waals surface area contributed by atoms with Crippen molar-refractivity contribution >= 4 is 11.8 Å². The number of nitrogens with zero attached hydrogens (tertiary/aromatic N) is 1. The predicted molar refractivity (Wildman–Crippen MR) is 95.8 cm³/mol. The molecule has 1 aromatic carbocycles. The number of amides is 2. The quantitative estimate of drug-likeness (QED) is 0.863.